The van der Waals surface area contributed by atoms with Crippen molar-refractivity contribution in [2.24, 2.45) is 0 Å². The van der Waals surface area contributed by atoms with E-state index in [1.807, 2.05) is 0 Å². The van der Waals surface area contributed by atoms with Crippen LogP contribution in [0, 0.1) is 11.6 Å². The monoisotopic (exact) mass is 325 g/mol. The Morgan fingerprint density at radius 3 is 2.55 bits per heavy atom. The predicted molar refractivity (Wildman–Crippen MR) is 81.2 cm³/mol. The molecule has 2 aromatic rings. The maximum Gasteiger partial charge on any atom is 0.224 e. The zero-order valence-corrected chi connectivity index (χ0v) is 12.4. The molecule has 3 nitrogen and oxygen atoms in total. The summed E-state index contributed by atoms with van der Waals surface area (Å²) in [5.74, 6) is -0.533. The van der Waals surface area contributed by atoms with Gasteiger partial charge in [0, 0.05) is 12.1 Å². The van der Waals surface area contributed by atoms with Gasteiger partial charge in [0.05, 0.1) is 11.6 Å². The van der Waals surface area contributed by atoms with Gasteiger partial charge in [0.1, 0.15) is 17.4 Å². The highest BCUT2D eigenvalue weighted by Crippen LogP contribution is 2.19. The molecule has 0 fully saturated rings. The van der Waals surface area contributed by atoms with Crippen molar-refractivity contribution in [1.29, 1.82) is 0 Å². The second-order valence-electron chi connectivity index (χ2n) is 4.58. The number of carbonyl (C=O) groups is 1. The van der Waals surface area contributed by atoms with E-state index in [1.165, 1.54) is 42.5 Å². The van der Waals surface area contributed by atoms with Crippen LogP contribution >= 0.6 is 11.6 Å². The molecule has 6 heteroatoms. The Morgan fingerprint density at radius 1 is 1.14 bits per heavy atom. The topological polar surface area (TPSA) is 38.3 Å². The number of anilines is 1. The molecule has 0 saturated heterocycles. The Kier molecular flexibility index (Phi) is 5.72. The normalized spacial score (nSPS) is 10.3. The molecular weight excluding hydrogens is 312 g/mol. The third-order valence-corrected chi connectivity index (χ3v) is 3.12. The summed E-state index contributed by atoms with van der Waals surface area (Å²) in [5.41, 5.74) is 0.441. The van der Waals surface area contributed by atoms with E-state index in [0.717, 1.165) is 0 Å². The highest BCUT2D eigenvalue weighted by Gasteiger charge is 2.05. The summed E-state index contributed by atoms with van der Waals surface area (Å²) < 4.78 is 31.1. The minimum atomic E-state index is -0.535. The van der Waals surface area contributed by atoms with E-state index in [-0.39, 0.29) is 23.2 Å². The van der Waals surface area contributed by atoms with Gasteiger partial charge in [-0.1, -0.05) is 11.6 Å². The standard InChI is InChI=1S/C16H14ClF2NO2/c17-14-10-12(5-8-15(14)19)20-16(21)2-1-9-22-13-6-3-11(18)4-7-13/h3-8,10H,1-2,9H2,(H,20,21). The molecule has 1 N–H and O–H groups in total. The molecule has 0 bridgehead atoms. The molecule has 22 heavy (non-hydrogen) atoms. The van der Waals surface area contributed by atoms with Crippen LogP contribution in [-0.2, 0) is 4.79 Å². The molecule has 0 saturated carbocycles. The molecule has 1 amide bonds. The van der Waals surface area contributed by atoms with Crippen LogP contribution in [0.1, 0.15) is 12.8 Å². The van der Waals surface area contributed by atoms with E-state index in [0.29, 0.717) is 24.5 Å². The lowest BCUT2D eigenvalue weighted by Gasteiger charge is -2.07. The van der Waals surface area contributed by atoms with E-state index in [2.05, 4.69) is 5.32 Å². The van der Waals surface area contributed by atoms with Gasteiger partial charge in [-0.2, -0.15) is 0 Å². The quantitative estimate of drug-likeness (QED) is 0.799. The molecule has 0 aromatic heterocycles. The van der Waals surface area contributed by atoms with Gasteiger partial charge in [0.2, 0.25) is 5.91 Å². The minimum Gasteiger partial charge on any atom is -0.494 e. The lowest BCUT2D eigenvalue weighted by atomic mass is 10.2. The smallest absolute Gasteiger partial charge is 0.224 e. The predicted octanol–water partition coefficient (Wildman–Crippen LogP) is 4.42. The van der Waals surface area contributed by atoms with Crippen LogP contribution in [0.2, 0.25) is 5.02 Å². The Labute approximate surface area is 131 Å². The molecule has 2 aromatic carbocycles. The summed E-state index contributed by atoms with van der Waals surface area (Å²) >= 11 is 5.63. The first-order chi connectivity index (χ1) is 10.5. The zero-order valence-electron chi connectivity index (χ0n) is 11.6. The van der Waals surface area contributed by atoms with Gasteiger partial charge >= 0.3 is 0 Å². The molecule has 0 heterocycles. The lowest BCUT2D eigenvalue weighted by Crippen LogP contribution is -2.12. The molecule has 0 aliphatic heterocycles. The molecule has 2 rings (SSSR count). The van der Waals surface area contributed by atoms with Crippen LogP contribution in [0.25, 0.3) is 0 Å². The van der Waals surface area contributed by atoms with Crippen molar-refractivity contribution in [2.75, 3.05) is 11.9 Å². The molecule has 0 atom stereocenters. The number of hydrogen-bond donors (Lipinski definition) is 1. The van der Waals surface area contributed by atoms with E-state index >= 15 is 0 Å². The van der Waals surface area contributed by atoms with E-state index in [4.69, 9.17) is 16.3 Å². The van der Waals surface area contributed by atoms with Gasteiger partial charge in [-0.25, -0.2) is 8.78 Å². The third kappa shape index (κ3) is 5.00. The first-order valence-corrected chi connectivity index (χ1v) is 7.05. The van der Waals surface area contributed by atoms with Crippen molar-refractivity contribution in [3.05, 3.63) is 59.1 Å². The molecule has 0 aliphatic carbocycles. The van der Waals surface area contributed by atoms with Crippen molar-refractivity contribution < 1.29 is 18.3 Å². The maximum absolute atomic E-state index is 13.0. The number of ether oxygens (including phenoxy) is 1. The number of halogens is 3. The van der Waals surface area contributed by atoms with Gasteiger partial charge in [0.15, 0.2) is 0 Å². The molecule has 0 unspecified atom stereocenters. The van der Waals surface area contributed by atoms with Crippen molar-refractivity contribution >= 4 is 23.2 Å². The second-order valence-corrected chi connectivity index (χ2v) is 4.99. The van der Waals surface area contributed by atoms with Gasteiger partial charge in [-0.05, 0) is 48.9 Å². The Morgan fingerprint density at radius 2 is 1.86 bits per heavy atom. The van der Waals surface area contributed by atoms with E-state index in [1.54, 1.807) is 0 Å². The van der Waals surface area contributed by atoms with Crippen LogP contribution in [-0.4, -0.2) is 12.5 Å². The minimum absolute atomic E-state index is 0.0440. The fourth-order valence-corrected chi connectivity index (χ4v) is 1.93. The largest absolute Gasteiger partial charge is 0.494 e. The van der Waals surface area contributed by atoms with Gasteiger partial charge in [-0.15, -0.1) is 0 Å². The fraction of sp³-hybridized carbons (Fsp3) is 0.188. The number of benzene rings is 2. The Bertz CT molecular complexity index is 647. The van der Waals surface area contributed by atoms with Crippen LogP contribution in [0.4, 0.5) is 14.5 Å². The first-order valence-electron chi connectivity index (χ1n) is 6.68. The average molecular weight is 326 g/mol. The number of carbonyl (C=O) groups excluding carboxylic acids is 1. The molecule has 116 valence electrons. The van der Waals surface area contributed by atoms with E-state index < -0.39 is 5.82 Å². The van der Waals surface area contributed by atoms with Crippen molar-refractivity contribution in [3.8, 4) is 5.75 Å². The summed E-state index contributed by atoms with van der Waals surface area (Å²) in [6, 6.07) is 9.64. The van der Waals surface area contributed by atoms with Gasteiger partial charge in [-0.3, -0.25) is 4.79 Å². The number of amides is 1. The second kappa shape index (κ2) is 7.75. The summed E-state index contributed by atoms with van der Waals surface area (Å²) in [7, 11) is 0. The molecule has 0 aliphatic rings. The van der Waals surface area contributed by atoms with Crippen molar-refractivity contribution in [3.63, 3.8) is 0 Å². The Hall–Kier alpha value is -2.14. The molecule has 0 radical (unpaired) electrons. The molecule has 0 spiro atoms. The third-order valence-electron chi connectivity index (χ3n) is 2.83. The highest BCUT2D eigenvalue weighted by molar-refractivity contribution is 6.31. The van der Waals surface area contributed by atoms with Crippen molar-refractivity contribution in [2.45, 2.75) is 12.8 Å². The number of nitrogens with one attached hydrogen (secondary N) is 1. The number of hydrogen-bond acceptors (Lipinski definition) is 2. The summed E-state index contributed by atoms with van der Waals surface area (Å²) in [4.78, 5) is 11.7. The first kappa shape index (κ1) is 16.2. The van der Waals surface area contributed by atoms with Crippen LogP contribution in [0.5, 0.6) is 5.75 Å². The number of rotatable bonds is 6. The lowest BCUT2D eigenvalue weighted by molar-refractivity contribution is -0.116. The summed E-state index contributed by atoms with van der Waals surface area (Å²) in [6.07, 6.45) is 0.744. The average Bonchev–Trinajstić information content (AvgIpc) is 2.49. The van der Waals surface area contributed by atoms with Gasteiger partial charge < -0.3 is 10.1 Å². The fourth-order valence-electron chi connectivity index (χ4n) is 1.75. The van der Waals surface area contributed by atoms with Crippen molar-refractivity contribution in [1.82, 2.24) is 0 Å². The highest BCUT2D eigenvalue weighted by atomic mass is 35.5. The summed E-state index contributed by atoms with van der Waals surface area (Å²) in [5, 5.41) is 2.58. The Balaban J connectivity index is 1.71. The maximum atomic E-state index is 13.0. The van der Waals surface area contributed by atoms with Crippen LogP contribution in [0.15, 0.2) is 42.5 Å². The van der Waals surface area contributed by atoms with Crippen LogP contribution in [0.3, 0.4) is 0 Å². The van der Waals surface area contributed by atoms with Gasteiger partial charge in [0.25, 0.3) is 0 Å². The summed E-state index contributed by atoms with van der Waals surface area (Å²) in [6.45, 7) is 0.337. The van der Waals surface area contributed by atoms with E-state index in [9.17, 15) is 13.6 Å². The van der Waals surface area contributed by atoms with Crippen LogP contribution < -0.4 is 10.1 Å². The zero-order chi connectivity index (χ0) is 15.9. The SMILES string of the molecule is O=C(CCCOc1ccc(F)cc1)Nc1ccc(F)c(Cl)c1. The molecular formula is C16H14ClF2NO2.